The molecule has 0 aliphatic carbocycles. The Morgan fingerprint density at radius 1 is 1.12 bits per heavy atom. The van der Waals surface area contributed by atoms with E-state index in [2.05, 4.69) is 21.9 Å². The van der Waals surface area contributed by atoms with Crippen molar-refractivity contribution in [2.75, 3.05) is 38.5 Å². The van der Waals surface area contributed by atoms with Crippen LogP contribution in [-0.4, -0.2) is 65.4 Å². The minimum Gasteiger partial charge on any atom is -0.443 e. The summed E-state index contributed by atoms with van der Waals surface area (Å²) in [6.45, 7) is 10.9. The van der Waals surface area contributed by atoms with Crippen molar-refractivity contribution >= 4 is 35.7 Å². The fourth-order valence-corrected chi connectivity index (χ4v) is 4.23. The first-order valence-electron chi connectivity index (χ1n) is 12.4. The highest BCUT2D eigenvalue weighted by atomic mass is 32.2. The molecule has 0 saturated carbocycles. The summed E-state index contributed by atoms with van der Waals surface area (Å²) in [7, 11) is 1.46. The zero-order valence-corrected chi connectivity index (χ0v) is 24.0. The molecule has 2 aromatic rings. The van der Waals surface area contributed by atoms with Crippen LogP contribution < -0.4 is 10.5 Å². The smallest absolute Gasteiger partial charge is 0.417 e. The molecule has 0 bridgehead atoms. The number of carbonyl (C=O) groups excluding carboxylic acids is 2. The molecule has 0 unspecified atom stereocenters. The van der Waals surface area contributed by atoms with Crippen molar-refractivity contribution in [3.05, 3.63) is 65.0 Å². The number of ether oxygens (including phenoxy) is 1. The summed E-state index contributed by atoms with van der Waals surface area (Å²) in [4.78, 5) is 34.2. The van der Waals surface area contributed by atoms with E-state index in [4.69, 9.17) is 9.88 Å². The summed E-state index contributed by atoms with van der Waals surface area (Å²) < 4.78 is 58.4. The molecule has 0 spiro atoms. The Bertz CT molecular complexity index is 1330. The second-order valence-electron chi connectivity index (χ2n) is 10.5. The number of nitrogens with one attached hydrogen (secondary N) is 1. The fraction of sp³-hybridized carbons (Fsp3) is 0.407. The third kappa shape index (κ3) is 8.19. The molecule has 2 aliphatic heterocycles. The van der Waals surface area contributed by atoms with Crippen LogP contribution in [0.4, 0.5) is 28.0 Å². The number of hydrogen-bond donors (Lipinski definition) is 2. The number of alkyl halides is 3. The molecular formula is C27H32F4N6O3S. The van der Waals surface area contributed by atoms with E-state index in [1.165, 1.54) is 24.2 Å². The van der Waals surface area contributed by atoms with Crippen LogP contribution >= 0.6 is 11.9 Å². The maximum Gasteiger partial charge on any atom is 0.417 e. The molecule has 0 saturated heterocycles. The lowest BCUT2D eigenvalue weighted by Crippen LogP contribution is -2.34. The first kappa shape index (κ1) is 31.9. The van der Waals surface area contributed by atoms with Gasteiger partial charge in [0.15, 0.2) is 5.82 Å². The molecule has 222 valence electrons. The standard InChI is InChI=1S/C22H22F4N6O2S.C5H10O/c1-12(20-17(23)4-16(35-27)6-30-20)31-7-13-9-32(10-14(13)8-31)21(33)34-11-19-18(28-2)3-15(5-29-19)22(24,25)26;1-5(2,3)4-6/h3-6,28H,1,7-11,27H2,2H3;4H,1-3H3. The van der Waals surface area contributed by atoms with Crippen LogP contribution in [0.1, 0.15) is 37.7 Å². The number of nitrogens with two attached hydrogens (primary N) is 1. The zero-order chi connectivity index (χ0) is 30.5. The van der Waals surface area contributed by atoms with Gasteiger partial charge in [0, 0.05) is 55.9 Å². The second kappa shape index (κ2) is 12.9. The van der Waals surface area contributed by atoms with E-state index in [0.29, 0.717) is 43.0 Å². The predicted octanol–water partition coefficient (Wildman–Crippen LogP) is 5.11. The number of amides is 1. The molecular weight excluding hydrogens is 564 g/mol. The van der Waals surface area contributed by atoms with Crippen molar-refractivity contribution in [1.82, 2.24) is 19.8 Å². The van der Waals surface area contributed by atoms with Crippen molar-refractivity contribution in [3.8, 4) is 0 Å². The number of pyridine rings is 2. The Morgan fingerprint density at radius 3 is 2.20 bits per heavy atom. The second-order valence-corrected chi connectivity index (χ2v) is 11.2. The van der Waals surface area contributed by atoms with Crippen LogP contribution in [0, 0.1) is 11.2 Å². The van der Waals surface area contributed by atoms with E-state index >= 15 is 0 Å². The number of aldehydes is 1. The van der Waals surface area contributed by atoms with Crippen molar-refractivity contribution < 1.29 is 31.9 Å². The summed E-state index contributed by atoms with van der Waals surface area (Å²) in [5, 5.41) is 8.08. The van der Waals surface area contributed by atoms with Gasteiger partial charge in [0.25, 0.3) is 0 Å². The van der Waals surface area contributed by atoms with Gasteiger partial charge in [0.1, 0.15) is 24.3 Å². The van der Waals surface area contributed by atoms with Gasteiger partial charge in [-0.15, -0.1) is 0 Å². The highest BCUT2D eigenvalue weighted by Gasteiger charge is 2.35. The van der Waals surface area contributed by atoms with Crippen LogP contribution in [0.3, 0.4) is 0 Å². The summed E-state index contributed by atoms with van der Waals surface area (Å²) in [6, 6.07) is 2.22. The Kier molecular flexibility index (Phi) is 10.0. The zero-order valence-electron chi connectivity index (χ0n) is 23.1. The van der Waals surface area contributed by atoms with Crippen LogP contribution in [0.15, 0.2) is 47.1 Å². The van der Waals surface area contributed by atoms with Gasteiger partial charge in [-0.05, 0) is 35.2 Å². The van der Waals surface area contributed by atoms with Crippen LogP contribution in [0.5, 0.6) is 0 Å². The molecule has 0 atom stereocenters. The average Bonchev–Trinajstić information content (AvgIpc) is 3.50. The number of carbonyl (C=O) groups is 2. The number of nitrogens with zero attached hydrogens (tertiary/aromatic N) is 4. The molecule has 14 heteroatoms. The van der Waals surface area contributed by atoms with Crippen LogP contribution in [-0.2, 0) is 22.3 Å². The van der Waals surface area contributed by atoms with E-state index in [-0.39, 0.29) is 29.1 Å². The molecule has 0 aromatic carbocycles. The van der Waals surface area contributed by atoms with Gasteiger partial charge in [0.05, 0.1) is 16.9 Å². The Labute approximate surface area is 240 Å². The largest absolute Gasteiger partial charge is 0.443 e. The molecule has 2 aliphatic rings. The topological polar surface area (TPSA) is 114 Å². The number of aromatic nitrogens is 2. The van der Waals surface area contributed by atoms with Crippen molar-refractivity contribution in [2.45, 2.75) is 38.4 Å². The average molecular weight is 597 g/mol. The molecule has 9 nitrogen and oxygen atoms in total. The summed E-state index contributed by atoms with van der Waals surface area (Å²) in [6.07, 6.45) is -2.00. The normalized spacial score (nSPS) is 14.9. The first-order chi connectivity index (χ1) is 19.2. The van der Waals surface area contributed by atoms with Gasteiger partial charge in [0.2, 0.25) is 0 Å². The van der Waals surface area contributed by atoms with Crippen molar-refractivity contribution in [3.63, 3.8) is 0 Å². The highest BCUT2D eigenvalue weighted by molar-refractivity contribution is 7.97. The third-order valence-electron chi connectivity index (χ3n) is 6.15. The molecule has 3 N–H and O–H groups in total. The summed E-state index contributed by atoms with van der Waals surface area (Å²) in [5.41, 5.74) is 1.86. The SMILES string of the molecule is C=C(c1ncc(SN)cc1F)N1CC2=C(C1)CN(C(=O)OCc1ncc(C(F)(F)F)cc1NC)C2.CC(C)(C)C=O. The first-order valence-corrected chi connectivity index (χ1v) is 13.3. The highest BCUT2D eigenvalue weighted by Crippen LogP contribution is 2.33. The molecule has 0 radical (unpaired) electrons. The maximum atomic E-state index is 14.4. The lowest BCUT2D eigenvalue weighted by atomic mass is 10.0. The molecule has 41 heavy (non-hydrogen) atoms. The lowest BCUT2D eigenvalue weighted by Gasteiger charge is -2.25. The Hall–Kier alpha value is -3.65. The molecule has 2 aromatic heterocycles. The molecule has 4 rings (SSSR count). The lowest BCUT2D eigenvalue weighted by molar-refractivity contribution is -0.137. The van der Waals surface area contributed by atoms with Gasteiger partial charge in [-0.25, -0.2) is 9.18 Å². The minimum atomic E-state index is -4.52. The van der Waals surface area contributed by atoms with Gasteiger partial charge >= 0.3 is 12.3 Å². The van der Waals surface area contributed by atoms with E-state index in [1.807, 2.05) is 25.7 Å². The summed E-state index contributed by atoms with van der Waals surface area (Å²) in [5.74, 6) is -0.513. The molecule has 4 heterocycles. The van der Waals surface area contributed by atoms with E-state index in [1.54, 1.807) is 0 Å². The van der Waals surface area contributed by atoms with E-state index in [0.717, 1.165) is 35.4 Å². The minimum absolute atomic E-state index is 0.128. The third-order valence-corrected chi connectivity index (χ3v) is 6.64. The predicted molar refractivity (Wildman–Crippen MR) is 148 cm³/mol. The van der Waals surface area contributed by atoms with Crippen molar-refractivity contribution in [1.29, 1.82) is 0 Å². The number of anilines is 1. The van der Waals surface area contributed by atoms with Gasteiger partial charge in [-0.2, -0.15) is 13.2 Å². The van der Waals surface area contributed by atoms with Gasteiger partial charge in [-0.1, -0.05) is 27.4 Å². The number of rotatable bonds is 6. The Balaban J connectivity index is 0.000000696. The molecule has 1 amide bonds. The maximum absolute atomic E-state index is 14.4. The van der Waals surface area contributed by atoms with Crippen LogP contribution in [0.2, 0.25) is 0 Å². The quantitative estimate of drug-likeness (QED) is 0.203. The monoisotopic (exact) mass is 596 g/mol. The summed E-state index contributed by atoms with van der Waals surface area (Å²) >= 11 is 0.902. The molecule has 0 fully saturated rings. The Morgan fingerprint density at radius 2 is 1.71 bits per heavy atom. The van der Waals surface area contributed by atoms with Crippen molar-refractivity contribution in [2.24, 2.45) is 10.6 Å². The van der Waals surface area contributed by atoms with Gasteiger partial charge in [-0.3, -0.25) is 15.1 Å². The number of hydrogen-bond acceptors (Lipinski definition) is 9. The van der Waals surface area contributed by atoms with E-state index in [9.17, 15) is 27.2 Å². The number of halogens is 4. The fourth-order valence-electron chi connectivity index (χ4n) is 3.95. The van der Waals surface area contributed by atoms with E-state index < -0.39 is 23.7 Å². The van der Waals surface area contributed by atoms with Crippen LogP contribution in [0.25, 0.3) is 5.70 Å². The van der Waals surface area contributed by atoms with Gasteiger partial charge < -0.3 is 24.6 Å².